The number of rotatable bonds is 1. The van der Waals surface area contributed by atoms with E-state index < -0.39 is 0 Å². The number of hydrogen-bond acceptors (Lipinski definition) is 3. The van der Waals surface area contributed by atoms with Crippen LogP contribution in [-0.2, 0) is 0 Å². The summed E-state index contributed by atoms with van der Waals surface area (Å²) in [5, 5.41) is 0.970. The third-order valence-corrected chi connectivity index (χ3v) is 8.33. The van der Waals surface area contributed by atoms with Gasteiger partial charge in [0, 0.05) is 30.7 Å². The molecule has 4 aliphatic rings. The predicted octanol–water partition coefficient (Wildman–Crippen LogP) is 4.22. The van der Waals surface area contributed by atoms with Crippen LogP contribution >= 0.6 is 11.6 Å². The van der Waals surface area contributed by atoms with Crippen LogP contribution in [0, 0.1) is 11.8 Å². The van der Waals surface area contributed by atoms with E-state index in [-0.39, 0.29) is 22.9 Å². The first kappa shape index (κ1) is 19.6. The number of pyridine rings is 1. The highest BCUT2D eigenvalue weighted by atomic mass is 35.5. The second-order valence-electron chi connectivity index (χ2n) is 9.70. The Morgan fingerprint density at radius 2 is 2.06 bits per heavy atom. The van der Waals surface area contributed by atoms with Crippen molar-refractivity contribution in [1.82, 2.24) is 14.8 Å². The number of fused-ring (bicyclic) bond motifs is 7. The van der Waals surface area contributed by atoms with Crippen LogP contribution in [0.5, 0.6) is 0 Å². The van der Waals surface area contributed by atoms with E-state index in [0.717, 1.165) is 25.9 Å². The minimum atomic E-state index is -0.231. The van der Waals surface area contributed by atoms with Gasteiger partial charge < -0.3 is 9.88 Å². The Kier molecular flexibility index (Phi) is 4.73. The Balaban J connectivity index is 1.37. The molecule has 1 N–H and O–H groups in total. The summed E-state index contributed by atoms with van der Waals surface area (Å²) in [5.41, 5.74) is 2.02. The molecule has 1 aliphatic carbocycles. The summed E-state index contributed by atoms with van der Waals surface area (Å²) < 4.78 is 0. The summed E-state index contributed by atoms with van der Waals surface area (Å²) in [4.78, 5) is 34.6. The maximum absolute atomic E-state index is 13.7. The highest BCUT2D eigenvalue weighted by Crippen LogP contribution is 2.45. The lowest BCUT2D eigenvalue weighted by atomic mass is 9.68. The van der Waals surface area contributed by atoms with Gasteiger partial charge in [-0.2, -0.15) is 0 Å². The van der Waals surface area contributed by atoms with Crippen LogP contribution in [-0.4, -0.2) is 52.4 Å². The van der Waals surface area contributed by atoms with Crippen molar-refractivity contribution >= 4 is 28.4 Å². The average Bonchev–Trinajstić information content (AvgIpc) is 2.79. The Morgan fingerprint density at radius 3 is 2.97 bits per heavy atom. The van der Waals surface area contributed by atoms with Crippen molar-refractivity contribution < 1.29 is 4.79 Å². The van der Waals surface area contributed by atoms with Crippen molar-refractivity contribution in [2.45, 2.75) is 50.6 Å². The monoisotopic (exact) mass is 437 g/mol. The summed E-state index contributed by atoms with van der Waals surface area (Å²) in [6.07, 6.45) is 11.2. The number of piperidine rings is 3. The first-order valence-corrected chi connectivity index (χ1v) is 12.0. The van der Waals surface area contributed by atoms with E-state index in [1.807, 2.05) is 4.90 Å². The first-order chi connectivity index (χ1) is 15.1. The summed E-state index contributed by atoms with van der Waals surface area (Å²) in [5.74, 6) is 0.960. The highest BCUT2D eigenvalue weighted by Gasteiger charge is 2.47. The van der Waals surface area contributed by atoms with Gasteiger partial charge in [-0.25, -0.2) is 0 Å². The molecule has 5 nitrogen and oxygen atoms in total. The number of likely N-dealkylation sites (tertiary alicyclic amines) is 1. The second-order valence-corrected chi connectivity index (χ2v) is 10.1. The third kappa shape index (κ3) is 3.08. The summed E-state index contributed by atoms with van der Waals surface area (Å²) in [6, 6.07) is 6.07. The van der Waals surface area contributed by atoms with Gasteiger partial charge in [-0.3, -0.25) is 14.5 Å². The molecule has 4 heterocycles. The van der Waals surface area contributed by atoms with E-state index in [9.17, 15) is 9.59 Å². The van der Waals surface area contributed by atoms with Gasteiger partial charge in [0.1, 0.15) is 5.56 Å². The van der Waals surface area contributed by atoms with Crippen molar-refractivity contribution in [3.05, 3.63) is 56.9 Å². The lowest BCUT2D eigenvalue weighted by Crippen LogP contribution is -2.60. The number of halogens is 1. The quantitative estimate of drug-likeness (QED) is 0.679. The van der Waals surface area contributed by atoms with Crippen molar-refractivity contribution in [2.75, 3.05) is 19.6 Å². The van der Waals surface area contributed by atoms with Gasteiger partial charge in [0.2, 0.25) is 5.43 Å². The number of aromatic nitrogens is 1. The molecule has 1 aromatic carbocycles. The number of H-pyrrole nitrogens is 1. The maximum atomic E-state index is 13.7. The van der Waals surface area contributed by atoms with Crippen LogP contribution < -0.4 is 5.43 Å². The van der Waals surface area contributed by atoms with Gasteiger partial charge in [-0.1, -0.05) is 35.7 Å². The Bertz CT molecular complexity index is 1140. The standard InChI is InChI=1S/C25H28ClN3O2/c26-20-7-3-6-18-22(20)27-13-19(24(18)30)25(31)29-10-4-5-15-11-16-12-17(23(15)29)14-28-9-2-1-8-21(16)28/h3,6-7,11,13,16-17,21,23H,1-2,4-5,8-10,12,14H2,(H,27,30)/t16-,17+,21-,23-/m0/s1. The zero-order valence-electron chi connectivity index (χ0n) is 17.6. The molecule has 2 aromatic rings. The molecule has 0 saturated carbocycles. The van der Waals surface area contributed by atoms with Crippen LogP contribution in [0.4, 0.5) is 0 Å². The summed E-state index contributed by atoms with van der Waals surface area (Å²) >= 11 is 6.24. The van der Waals surface area contributed by atoms with Gasteiger partial charge in [0.25, 0.3) is 5.91 Å². The van der Waals surface area contributed by atoms with E-state index in [2.05, 4.69) is 16.0 Å². The number of benzene rings is 1. The highest BCUT2D eigenvalue weighted by molar-refractivity contribution is 6.35. The lowest BCUT2D eigenvalue weighted by molar-refractivity contribution is 0.00143. The average molecular weight is 438 g/mol. The molecule has 3 fully saturated rings. The molecule has 2 bridgehead atoms. The smallest absolute Gasteiger partial charge is 0.259 e. The van der Waals surface area contributed by atoms with E-state index in [0.29, 0.717) is 33.8 Å². The van der Waals surface area contributed by atoms with E-state index in [1.165, 1.54) is 37.8 Å². The summed E-state index contributed by atoms with van der Waals surface area (Å²) in [6.45, 7) is 2.99. The fraction of sp³-hybridized carbons (Fsp3) is 0.520. The number of amides is 1. The van der Waals surface area contributed by atoms with Gasteiger partial charge in [0.15, 0.2) is 0 Å². The number of nitrogens with zero attached hydrogens (tertiary/aromatic N) is 2. The molecule has 3 saturated heterocycles. The van der Waals surface area contributed by atoms with Crippen LogP contribution in [0.1, 0.15) is 48.9 Å². The van der Waals surface area contributed by atoms with Crippen molar-refractivity contribution in [3.63, 3.8) is 0 Å². The molecule has 3 aliphatic heterocycles. The zero-order chi connectivity index (χ0) is 21.1. The minimum absolute atomic E-state index is 0.134. The third-order valence-electron chi connectivity index (χ3n) is 8.01. The van der Waals surface area contributed by atoms with Gasteiger partial charge in [-0.15, -0.1) is 0 Å². The van der Waals surface area contributed by atoms with Crippen molar-refractivity contribution in [1.29, 1.82) is 0 Å². The molecular formula is C25H28ClN3O2. The van der Waals surface area contributed by atoms with Crippen LogP contribution in [0.25, 0.3) is 10.9 Å². The predicted molar refractivity (Wildman–Crippen MR) is 123 cm³/mol. The SMILES string of the molecule is O=C(c1c[nH]c2c(Cl)cccc2c1=O)N1CCCC2=C[C@H]3C[C@H](CN4CCCC[C@@H]34)[C@H]21. The van der Waals surface area contributed by atoms with Crippen LogP contribution in [0.15, 0.2) is 40.8 Å². The minimum Gasteiger partial charge on any atom is -0.359 e. The van der Waals surface area contributed by atoms with Gasteiger partial charge in [0.05, 0.1) is 16.6 Å². The largest absolute Gasteiger partial charge is 0.359 e. The van der Waals surface area contributed by atoms with Crippen molar-refractivity contribution in [3.8, 4) is 0 Å². The summed E-state index contributed by atoms with van der Waals surface area (Å²) in [7, 11) is 0. The van der Waals surface area contributed by atoms with Crippen LogP contribution in [0.3, 0.4) is 0 Å². The molecule has 4 atom stereocenters. The molecule has 0 spiro atoms. The fourth-order valence-electron chi connectivity index (χ4n) is 6.73. The normalized spacial score (nSPS) is 30.5. The number of para-hydroxylation sites is 1. The van der Waals surface area contributed by atoms with Crippen molar-refractivity contribution in [2.24, 2.45) is 11.8 Å². The molecule has 31 heavy (non-hydrogen) atoms. The number of hydrogen-bond donors (Lipinski definition) is 1. The molecule has 0 radical (unpaired) electrons. The number of carbonyl (C=O) groups excluding carboxylic acids is 1. The van der Waals surface area contributed by atoms with Gasteiger partial charge >= 0.3 is 0 Å². The van der Waals surface area contributed by atoms with E-state index in [1.54, 1.807) is 24.4 Å². The fourth-order valence-corrected chi connectivity index (χ4v) is 6.96. The second kappa shape index (κ2) is 7.49. The zero-order valence-corrected chi connectivity index (χ0v) is 18.4. The lowest BCUT2D eigenvalue weighted by Gasteiger charge is -2.54. The maximum Gasteiger partial charge on any atom is 0.259 e. The Morgan fingerprint density at radius 1 is 1.16 bits per heavy atom. The Hall–Kier alpha value is -2.11. The topological polar surface area (TPSA) is 56.4 Å². The molecule has 0 unspecified atom stereocenters. The molecule has 6 heteroatoms. The molecule has 162 valence electrons. The number of carbonyl (C=O) groups is 1. The van der Waals surface area contributed by atoms with E-state index in [4.69, 9.17) is 11.6 Å². The Labute approximate surface area is 187 Å². The number of aromatic amines is 1. The molecule has 1 aromatic heterocycles. The first-order valence-electron chi connectivity index (χ1n) is 11.7. The molecule has 6 rings (SSSR count). The van der Waals surface area contributed by atoms with E-state index >= 15 is 0 Å². The molecule has 1 amide bonds. The van der Waals surface area contributed by atoms with Gasteiger partial charge in [-0.05, 0) is 62.6 Å². The molecular weight excluding hydrogens is 410 g/mol. The number of nitrogens with one attached hydrogen (secondary N) is 1. The van der Waals surface area contributed by atoms with Crippen LogP contribution in [0.2, 0.25) is 5.02 Å².